The van der Waals surface area contributed by atoms with Crippen molar-refractivity contribution in [2.75, 3.05) is 32.8 Å². The van der Waals surface area contributed by atoms with E-state index in [2.05, 4.69) is 25.7 Å². The van der Waals surface area contributed by atoms with Crippen LogP contribution in [0.4, 0.5) is 0 Å². The fraction of sp³-hybridized carbons (Fsp3) is 0.952. The Morgan fingerprint density at radius 1 is 0.479 bits per heavy atom. The molecule has 1 N–H and O–H groups in total. The van der Waals surface area contributed by atoms with E-state index in [0.717, 1.165) is 90.1 Å². The van der Waals surface area contributed by atoms with E-state index in [-0.39, 0.29) is 24.6 Å². The standard InChI is InChI=1S/C42H83NO5/c1-4-7-10-13-16-22-30-39-47-41(45)33-26-20-17-21-28-35-43(37-38-44)36-29-23-27-34-42(46)48-40(31-24-18-14-11-8-5-2)32-25-19-15-12-9-6-3/h40,44H,4-39H2,1-3H3. The number of esters is 2. The maximum atomic E-state index is 12.7. The predicted molar refractivity (Wildman–Crippen MR) is 205 cm³/mol. The van der Waals surface area contributed by atoms with Crippen molar-refractivity contribution in [3.05, 3.63) is 0 Å². The fourth-order valence-electron chi connectivity index (χ4n) is 6.52. The molecule has 0 saturated carbocycles. The molecule has 0 fully saturated rings. The Balaban J connectivity index is 4.01. The van der Waals surface area contributed by atoms with Crippen LogP contribution in [0.2, 0.25) is 0 Å². The van der Waals surface area contributed by atoms with Crippen LogP contribution in [0, 0.1) is 0 Å². The number of ether oxygens (including phenoxy) is 2. The number of aliphatic hydroxyl groups excluding tert-OH is 1. The van der Waals surface area contributed by atoms with E-state index in [1.54, 1.807) is 0 Å². The van der Waals surface area contributed by atoms with Crippen LogP contribution in [0.3, 0.4) is 0 Å². The van der Waals surface area contributed by atoms with Crippen LogP contribution in [0.15, 0.2) is 0 Å². The third-order valence-corrected chi connectivity index (χ3v) is 9.70. The molecule has 6 nitrogen and oxygen atoms in total. The minimum atomic E-state index is -0.0375. The first-order chi connectivity index (χ1) is 23.6. The summed E-state index contributed by atoms with van der Waals surface area (Å²) in [6.45, 7) is 10.2. The van der Waals surface area contributed by atoms with Crippen LogP contribution in [-0.2, 0) is 19.1 Å². The second kappa shape index (κ2) is 38.7. The lowest BCUT2D eigenvalue weighted by Crippen LogP contribution is -2.29. The zero-order valence-corrected chi connectivity index (χ0v) is 32.6. The van der Waals surface area contributed by atoms with E-state index in [9.17, 15) is 14.7 Å². The number of hydrogen-bond acceptors (Lipinski definition) is 6. The van der Waals surface area contributed by atoms with Crippen molar-refractivity contribution in [1.82, 2.24) is 4.90 Å². The van der Waals surface area contributed by atoms with Crippen molar-refractivity contribution in [3.63, 3.8) is 0 Å². The first-order valence-corrected chi connectivity index (χ1v) is 21.3. The summed E-state index contributed by atoms with van der Waals surface area (Å²) in [5.74, 6) is -0.0462. The molecule has 286 valence electrons. The molecule has 0 aliphatic heterocycles. The minimum Gasteiger partial charge on any atom is -0.466 e. The van der Waals surface area contributed by atoms with E-state index in [1.807, 2.05) is 0 Å². The highest BCUT2D eigenvalue weighted by molar-refractivity contribution is 5.69. The number of carbonyl (C=O) groups is 2. The molecule has 0 unspecified atom stereocenters. The van der Waals surface area contributed by atoms with Gasteiger partial charge >= 0.3 is 11.9 Å². The molecular formula is C42H83NO5. The summed E-state index contributed by atoms with van der Waals surface area (Å²) in [7, 11) is 0. The van der Waals surface area contributed by atoms with Crippen molar-refractivity contribution in [3.8, 4) is 0 Å². The third kappa shape index (κ3) is 34.7. The Hall–Kier alpha value is -1.14. The molecule has 0 bridgehead atoms. The van der Waals surface area contributed by atoms with Gasteiger partial charge in [0.2, 0.25) is 0 Å². The molecule has 0 amide bonds. The van der Waals surface area contributed by atoms with Gasteiger partial charge in [0.05, 0.1) is 13.2 Å². The van der Waals surface area contributed by atoms with Gasteiger partial charge in [-0.3, -0.25) is 9.59 Å². The first kappa shape index (κ1) is 46.9. The van der Waals surface area contributed by atoms with Crippen LogP contribution in [-0.4, -0.2) is 60.9 Å². The zero-order chi connectivity index (χ0) is 35.2. The Labute approximate surface area is 299 Å². The van der Waals surface area contributed by atoms with Gasteiger partial charge in [-0.15, -0.1) is 0 Å². The second-order valence-corrected chi connectivity index (χ2v) is 14.5. The summed E-state index contributed by atoms with van der Waals surface area (Å²) in [5, 5.41) is 9.54. The van der Waals surface area contributed by atoms with Crippen molar-refractivity contribution in [2.45, 2.75) is 226 Å². The van der Waals surface area contributed by atoms with E-state index >= 15 is 0 Å². The molecule has 0 atom stereocenters. The number of rotatable bonds is 39. The van der Waals surface area contributed by atoms with Crippen LogP contribution < -0.4 is 0 Å². The SMILES string of the molecule is CCCCCCCCCOC(=O)CCCCCCCN(CCO)CCCCCC(=O)OC(CCCCCCCC)CCCCCCCC. The second-order valence-electron chi connectivity index (χ2n) is 14.5. The van der Waals surface area contributed by atoms with Gasteiger partial charge in [-0.2, -0.15) is 0 Å². The Morgan fingerprint density at radius 3 is 1.38 bits per heavy atom. The molecule has 0 spiro atoms. The normalized spacial score (nSPS) is 11.5. The summed E-state index contributed by atoms with van der Waals surface area (Å²) in [6, 6.07) is 0. The first-order valence-electron chi connectivity index (χ1n) is 21.3. The highest BCUT2D eigenvalue weighted by Crippen LogP contribution is 2.18. The van der Waals surface area contributed by atoms with Gasteiger partial charge in [-0.1, -0.05) is 149 Å². The lowest BCUT2D eigenvalue weighted by molar-refractivity contribution is -0.150. The number of aliphatic hydroxyl groups is 1. The largest absolute Gasteiger partial charge is 0.466 e. The summed E-state index contributed by atoms with van der Waals surface area (Å²) < 4.78 is 11.4. The number of carbonyl (C=O) groups excluding carboxylic acids is 2. The lowest BCUT2D eigenvalue weighted by atomic mass is 10.0. The third-order valence-electron chi connectivity index (χ3n) is 9.70. The summed E-state index contributed by atoms with van der Waals surface area (Å²) in [4.78, 5) is 27.0. The van der Waals surface area contributed by atoms with Crippen molar-refractivity contribution >= 4 is 11.9 Å². The van der Waals surface area contributed by atoms with E-state index in [1.165, 1.54) is 109 Å². The van der Waals surface area contributed by atoms with Gasteiger partial charge < -0.3 is 19.5 Å². The summed E-state index contributed by atoms with van der Waals surface area (Å²) >= 11 is 0. The zero-order valence-electron chi connectivity index (χ0n) is 32.6. The van der Waals surface area contributed by atoms with Crippen LogP contribution in [0.5, 0.6) is 0 Å². The smallest absolute Gasteiger partial charge is 0.306 e. The number of unbranched alkanes of at least 4 members (excludes halogenated alkanes) is 22. The maximum Gasteiger partial charge on any atom is 0.306 e. The topological polar surface area (TPSA) is 76.1 Å². The molecule has 0 aliphatic rings. The molecule has 6 heteroatoms. The molecule has 0 aliphatic carbocycles. The summed E-state index contributed by atoms with van der Waals surface area (Å²) in [5.41, 5.74) is 0. The molecule has 0 saturated heterocycles. The molecule has 0 radical (unpaired) electrons. The maximum absolute atomic E-state index is 12.7. The highest BCUT2D eigenvalue weighted by Gasteiger charge is 2.14. The summed E-state index contributed by atoms with van der Waals surface area (Å²) in [6.07, 6.45) is 35.5. The molecule has 48 heavy (non-hydrogen) atoms. The number of nitrogens with zero attached hydrogens (tertiary/aromatic N) is 1. The van der Waals surface area contributed by atoms with Gasteiger partial charge in [0.1, 0.15) is 6.10 Å². The van der Waals surface area contributed by atoms with Crippen LogP contribution in [0.1, 0.15) is 220 Å². The van der Waals surface area contributed by atoms with Gasteiger partial charge in [0.15, 0.2) is 0 Å². The molecular weight excluding hydrogens is 598 g/mol. The molecule has 0 heterocycles. The Morgan fingerprint density at radius 2 is 0.875 bits per heavy atom. The Bertz CT molecular complexity index is 656. The van der Waals surface area contributed by atoms with Crippen molar-refractivity contribution < 1.29 is 24.2 Å². The average Bonchev–Trinajstić information content (AvgIpc) is 3.08. The molecule has 0 aromatic rings. The van der Waals surface area contributed by atoms with Gasteiger partial charge in [-0.05, 0) is 70.9 Å². The fourth-order valence-corrected chi connectivity index (χ4v) is 6.52. The van der Waals surface area contributed by atoms with Crippen molar-refractivity contribution in [1.29, 1.82) is 0 Å². The monoisotopic (exact) mass is 682 g/mol. The number of hydrogen-bond donors (Lipinski definition) is 1. The van der Waals surface area contributed by atoms with Crippen LogP contribution >= 0.6 is 0 Å². The quantitative estimate of drug-likeness (QED) is 0.0514. The van der Waals surface area contributed by atoms with Crippen LogP contribution in [0.25, 0.3) is 0 Å². The molecule has 0 aromatic carbocycles. The van der Waals surface area contributed by atoms with Crippen molar-refractivity contribution in [2.24, 2.45) is 0 Å². The van der Waals surface area contributed by atoms with E-state index < -0.39 is 0 Å². The van der Waals surface area contributed by atoms with Gasteiger partial charge in [0, 0.05) is 19.4 Å². The van der Waals surface area contributed by atoms with E-state index in [4.69, 9.17) is 9.47 Å². The van der Waals surface area contributed by atoms with Gasteiger partial charge in [-0.25, -0.2) is 0 Å². The molecule has 0 rings (SSSR count). The highest BCUT2D eigenvalue weighted by atomic mass is 16.5. The molecule has 0 aromatic heterocycles. The Kier molecular flexibility index (Phi) is 37.7. The average molecular weight is 682 g/mol. The minimum absolute atomic E-state index is 0.00870. The lowest BCUT2D eigenvalue weighted by Gasteiger charge is -2.21. The van der Waals surface area contributed by atoms with E-state index in [0.29, 0.717) is 26.0 Å². The predicted octanol–water partition coefficient (Wildman–Crippen LogP) is 11.9. The van der Waals surface area contributed by atoms with Gasteiger partial charge in [0.25, 0.3) is 0 Å².